The first kappa shape index (κ1) is 18.4. The first-order valence-corrected chi connectivity index (χ1v) is 10.1. The Labute approximate surface area is 161 Å². The van der Waals surface area contributed by atoms with E-state index in [2.05, 4.69) is 40.4 Å². The van der Waals surface area contributed by atoms with Crippen LogP contribution in [0.5, 0.6) is 0 Å². The fraction of sp³-hybridized carbons (Fsp3) is 0.211. The number of amides is 1. The van der Waals surface area contributed by atoms with Crippen LogP contribution in [-0.4, -0.2) is 26.8 Å². The van der Waals surface area contributed by atoms with E-state index in [1.165, 1.54) is 17.3 Å². The number of thioether (sulfide) groups is 1. The topological polar surface area (TPSA) is 70.7 Å². The second-order valence-corrected chi connectivity index (χ2v) is 7.89. The van der Waals surface area contributed by atoms with Crippen LogP contribution < -0.4 is 5.32 Å². The standard InChI is InChI=1S/C19H20N4OS2/c1-13(2)14-5-3-6-15(11-14)20-18(24)12-26-19-21-17(22-23-19)9-8-16-7-4-10-25-16/h3-11,13H,12H2,1-2H3,(H,20,24)(H,21,22,23)/b9-8+. The summed E-state index contributed by atoms with van der Waals surface area (Å²) in [5.41, 5.74) is 2.02. The number of aromatic nitrogens is 3. The zero-order valence-electron chi connectivity index (χ0n) is 14.6. The maximum atomic E-state index is 12.1. The molecule has 7 heteroatoms. The molecule has 2 aromatic heterocycles. The fourth-order valence-electron chi connectivity index (χ4n) is 2.25. The Bertz CT molecular complexity index is 885. The summed E-state index contributed by atoms with van der Waals surface area (Å²) in [4.78, 5) is 17.7. The van der Waals surface area contributed by atoms with Crippen LogP contribution in [0.4, 0.5) is 5.69 Å². The number of hydrogen-bond acceptors (Lipinski definition) is 5. The van der Waals surface area contributed by atoms with Crippen LogP contribution in [0.1, 0.15) is 36.0 Å². The molecule has 0 saturated carbocycles. The zero-order chi connectivity index (χ0) is 18.4. The van der Waals surface area contributed by atoms with E-state index in [1.54, 1.807) is 11.3 Å². The molecule has 1 amide bonds. The smallest absolute Gasteiger partial charge is 0.234 e. The van der Waals surface area contributed by atoms with Crippen molar-refractivity contribution in [3.8, 4) is 0 Å². The molecule has 0 fully saturated rings. The lowest BCUT2D eigenvalue weighted by atomic mass is 10.0. The van der Waals surface area contributed by atoms with Crippen LogP contribution in [0, 0.1) is 0 Å². The highest BCUT2D eigenvalue weighted by atomic mass is 32.2. The predicted octanol–water partition coefficient (Wildman–Crippen LogP) is 4.89. The number of H-pyrrole nitrogens is 1. The molecule has 0 aliphatic carbocycles. The van der Waals surface area contributed by atoms with Gasteiger partial charge in [0, 0.05) is 10.6 Å². The summed E-state index contributed by atoms with van der Waals surface area (Å²) in [7, 11) is 0. The Kier molecular flexibility index (Phi) is 6.25. The Balaban J connectivity index is 1.51. The van der Waals surface area contributed by atoms with Gasteiger partial charge in [0.25, 0.3) is 0 Å². The van der Waals surface area contributed by atoms with Gasteiger partial charge in [0.15, 0.2) is 0 Å². The van der Waals surface area contributed by atoms with Gasteiger partial charge in [-0.25, -0.2) is 4.98 Å². The van der Waals surface area contributed by atoms with Crippen LogP contribution in [-0.2, 0) is 4.79 Å². The van der Waals surface area contributed by atoms with Crippen molar-refractivity contribution in [3.63, 3.8) is 0 Å². The van der Waals surface area contributed by atoms with Gasteiger partial charge in [-0.1, -0.05) is 43.8 Å². The van der Waals surface area contributed by atoms with Gasteiger partial charge in [-0.15, -0.1) is 16.4 Å². The van der Waals surface area contributed by atoms with Crippen molar-refractivity contribution < 1.29 is 4.79 Å². The molecule has 3 aromatic rings. The van der Waals surface area contributed by atoms with Crippen LogP contribution in [0.3, 0.4) is 0 Å². The number of thiophene rings is 1. The van der Waals surface area contributed by atoms with E-state index >= 15 is 0 Å². The van der Waals surface area contributed by atoms with Crippen molar-refractivity contribution in [2.75, 3.05) is 11.1 Å². The third-order valence-electron chi connectivity index (χ3n) is 3.60. The van der Waals surface area contributed by atoms with E-state index in [0.29, 0.717) is 16.9 Å². The Morgan fingerprint density at radius 3 is 2.96 bits per heavy atom. The summed E-state index contributed by atoms with van der Waals surface area (Å²) < 4.78 is 0. The van der Waals surface area contributed by atoms with E-state index in [1.807, 2.05) is 47.9 Å². The average Bonchev–Trinajstić information content (AvgIpc) is 3.30. The minimum absolute atomic E-state index is 0.0728. The van der Waals surface area contributed by atoms with Gasteiger partial charge in [0.1, 0.15) is 5.82 Å². The molecule has 0 saturated heterocycles. The molecule has 3 rings (SSSR count). The molecular formula is C19H20N4OS2. The molecule has 0 unspecified atom stereocenters. The largest absolute Gasteiger partial charge is 0.325 e. The van der Waals surface area contributed by atoms with Gasteiger partial charge in [-0.3, -0.25) is 9.89 Å². The van der Waals surface area contributed by atoms with Gasteiger partial charge < -0.3 is 5.32 Å². The Morgan fingerprint density at radius 2 is 2.19 bits per heavy atom. The maximum Gasteiger partial charge on any atom is 0.234 e. The van der Waals surface area contributed by atoms with E-state index < -0.39 is 0 Å². The van der Waals surface area contributed by atoms with Crippen molar-refractivity contribution in [2.45, 2.75) is 24.9 Å². The molecule has 0 aliphatic heterocycles. The number of aromatic amines is 1. The number of nitrogens with zero attached hydrogens (tertiary/aromatic N) is 2. The molecular weight excluding hydrogens is 364 g/mol. The molecule has 26 heavy (non-hydrogen) atoms. The molecule has 0 bridgehead atoms. The lowest BCUT2D eigenvalue weighted by molar-refractivity contribution is -0.113. The second-order valence-electron chi connectivity index (χ2n) is 5.97. The minimum atomic E-state index is -0.0728. The number of benzene rings is 1. The monoisotopic (exact) mass is 384 g/mol. The van der Waals surface area contributed by atoms with Crippen LogP contribution >= 0.6 is 23.1 Å². The fourth-order valence-corrected chi connectivity index (χ4v) is 3.47. The summed E-state index contributed by atoms with van der Waals surface area (Å²) in [6.45, 7) is 4.26. The number of carbonyl (C=O) groups excluding carboxylic acids is 1. The van der Waals surface area contributed by atoms with Crippen molar-refractivity contribution in [1.82, 2.24) is 15.2 Å². The minimum Gasteiger partial charge on any atom is -0.325 e. The van der Waals surface area contributed by atoms with Crippen molar-refractivity contribution >= 4 is 46.8 Å². The number of nitrogens with one attached hydrogen (secondary N) is 2. The van der Waals surface area contributed by atoms with E-state index in [4.69, 9.17) is 0 Å². The molecule has 1 aromatic carbocycles. The third kappa shape index (κ3) is 5.31. The molecule has 0 radical (unpaired) electrons. The summed E-state index contributed by atoms with van der Waals surface area (Å²) in [6, 6.07) is 12.0. The van der Waals surface area contributed by atoms with Gasteiger partial charge >= 0.3 is 0 Å². The molecule has 2 heterocycles. The average molecular weight is 385 g/mol. The van der Waals surface area contributed by atoms with Crippen LogP contribution in [0.25, 0.3) is 12.2 Å². The van der Waals surface area contributed by atoms with Gasteiger partial charge in [0.2, 0.25) is 11.1 Å². The van der Waals surface area contributed by atoms with Gasteiger partial charge in [-0.2, -0.15) is 0 Å². The predicted molar refractivity (Wildman–Crippen MR) is 110 cm³/mol. The molecule has 0 aliphatic rings. The highest BCUT2D eigenvalue weighted by Crippen LogP contribution is 2.19. The van der Waals surface area contributed by atoms with E-state index in [0.717, 1.165) is 10.6 Å². The lowest BCUT2D eigenvalue weighted by Gasteiger charge is -2.09. The van der Waals surface area contributed by atoms with E-state index in [9.17, 15) is 4.79 Å². The molecule has 134 valence electrons. The van der Waals surface area contributed by atoms with Gasteiger partial charge in [-0.05, 0) is 47.2 Å². The quantitative estimate of drug-likeness (QED) is 0.569. The highest BCUT2D eigenvalue weighted by Gasteiger charge is 2.08. The highest BCUT2D eigenvalue weighted by molar-refractivity contribution is 7.99. The zero-order valence-corrected chi connectivity index (χ0v) is 16.2. The maximum absolute atomic E-state index is 12.1. The van der Waals surface area contributed by atoms with E-state index in [-0.39, 0.29) is 11.7 Å². The number of anilines is 1. The van der Waals surface area contributed by atoms with Crippen molar-refractivity contribution in [2.24, 2.45) is 0 Å². The molecule has 0 atom stereocenters. The number of carbonyl (C=O) groups is 1. The van der Waals surface area contributed by atoms with Crippen molar-refractivity contribution in [1.29, 1.82) is 0 Å². The van der Waals surface area contributed by atoms with Gasteiger partial charge in [0.05, 0.1) is 5.75 Å². The molecule has 0 spiro atoms. The first-order valence-electron chi connectivity index (χ1n) is 8.27. The Hall–Kier alpha value is -2.38. The SMILES string of the molecule is CC(C)c1cccc(NC(=O)CSc2n[nH]c(/C=C/c3cccs3)n2)c1. The van der Waals surface area contributed by atoms with Crippen LogP contribution in [0.2, 0.25) is 0 Å². The summed E-state index contributed by atoms with van der Waals surface area (Å²) in [5.74, 6) is 1.29. The second kappa shape index (κ2) is 8.82. The van der Waals surface area contributed by atoms with Crippen molar-refractivity contribution in [3.05, 3.63) is 58.0 Å². The van der Waals surface area contributed by atoms with Crippen LogP contribution in [0.15, 0.2) is 46.9 Å². The first-order chi connectivity index (χ1) is 12.6. The Morgan fingerprint density at radius 1 is 1.31 bits per heavy atom. The molecule has 5 nitrogen and oxygen atoms in total. The summed E-state index contributed by atoms with van der Waals surface area (Å²) >= 11 is 2.97. The lowest BCUT2D eigenvalue weighted by Crippen LogP contribution is -2.14. The molecule has 2 N–H and O–H groups in total. The summed E-state index contributed by atoms with van der Waals surface area (Å²) in [5, 5.41) is 12.5. The normalized spacial score (nSPS) is 11.3. The summed E-state index contributed by atoms with van der Waals surface area (Å²) in [6.07, 6.45) is 3.86. The number of hydrogen-bond donors (Lipinski definition) is 2. The number of rotatable bonds is 7. The third-order valence-corrected chi connectivity index (χ3v) is 5.29.